The third kappa shape index (κ3) is 2.92. The van der Waals surface area contributed by atoms with Crippen LogP contribution in [0, 0.1) is 23.7 Å². The first kappa shape index (κ1) is 14.8. The normalized spacial score (nSPS) is 34.5. The van der Waals surface area contributed by atoms with Gasteiger partial charge in [-0.25, -0.2) is 0 Å². The van der Waals surface area contributed by atoms with Gasteiger partial charge in [-0.2, -0.15) is 0 Å². The van der Waals surface area contributed by atoms with Gasteiger partial charge in [0.1, 0.15) is 0 Å². The van der Waals surface area contributed by atoms with E-state index in [0.29, 0.717) is 0 Å². The maximum absolute atomic E-state index is 2.80. The van der Waals surface area contributed by atoms with Gasteiger partial charge in [-0.1, -0.05) is 13.8 Å². The van der Waals surface area contributed by atoms with Crippen LogP contribution in [0.4, 0.5) is 0 Å². The van der Waals surface area contributed by atoms with E-state index in [1.54, 1.807) is 0 Å². The highest BCUT2D eigenvalue weighted by molar-refractivity contribution is 4.96. The van der Waals surface area contributed by atoms with Crippen LogP contribution in [0.1, 0.15) is 53.4 Å². The lowest BCUT2D eigenvalue weighted by Crippen LogP contribution is -2.62. The molecule has 20 heavy (non-hydrogen) atoms. The van der Waals surface area contributed by atoms with Crippen molar-refractivity contribution in [3.05, 3.63) is 0 Å². The van der Waals surface area contributed by atoms with E-state index in [9.17, 15) is 0 Å². The van der Waals surface area contributed by atoms with E-state index in [0.717, 1.165) is 35.8 Å². The molecule has 2 heterocycles. The summed E-state index contributed by atoms with van der Waals surface area (Å²) < 4.78 is 0. The van der Waals surface area contributed by atoms with Gasteiger partial charge < -0.3 is 4.90 Å². The smallest absolute Gasteiger partial charge is 0.00957 e. The summed E-state index contributed by atoms with van der Waals surface area (Å²) in [6, 6.07) is 1.69. The van der Waals surface area contributed by atoms with Crippen LogP contribution in [-0.4, -0.2) is 48.1 Å². The van der Waals surface area contributed by atoms with Crippen LogP contribution in [0.25, 0.3) is 0 Å². The molecular weight excluding hydrogens is 244 g/mol. The van der Waals surface area contributed by atoms with Gasteiger partial charge in [0, 0.05) is 38.3 Å². The molecule has 0 aromatic carbocycles. The maximum Gasteiger partial charge on any atom is 0.00957 e. The molecule has 3 fully saturated rings. The molecule has 3 rings (SSSR count). The SMILES string of the molecule is CC(C)C1CCC(N2CC(C3CN(C(C)C)C3)C2)CC1. The van der Waals surface area contributed by atoms with Crippen molar-refractivity contribution in [1.82, 2.24) is 9.80 Å². The first-order chi connectivity index (χ1) is 9.54. The summed E-state index contributed by atoms with van der Waals surface area (Å²) in [4.78, 5) is 5.43. The van der Waals surface area contributed by atoms with E-state index >= 15 is 0 Å². The first-order valence-electron chi connectivity index (χ1n) is 9.02. The minimum absolute atomic E-state index is 0.758. The summed E-state index contributed by atoms with van der Waals surface area (Å²) in [5, 5.41) is 0. The highest BCUT2D eigenvalue weighted by Crippen LogP contribution is 2.38. The van der Waals surface area contributed by atoms with Crippen molar-refractivity contribution >= 4 is 0 Å². The largest absolute Gasteiger partial charge is 0.300 e. The third-order valence-corrected chi connectivity index (χ3v) is 6.47. The summed E-state index contributed by atoms with van der Waals surface area (Å²) >= 11 is 0. The average molecular weight is 278 g/mol. The molecule has 0 spiro atoms. The van der Waals surface area contributed by atoms with E-state index in [-0.39, 0.29) is 0 Å². The maximum atomic E-state index is 2.80. The molecule has 2 aliphatic heterocycles. The molecule has 0 bridgehead atoms. The van der Waals surface area contributed by atoms with Crippen LogP contribution in [0.15, 0.2) is 0 Å². The molecule has 0 N–H and O–H groups in total. The summed E-state index contributed by atoms with van der Waals surface area (Å²) in [5.74, 6) is 3.94. The van der Waals surface area contributed by atoms with E-state index in [4.69, 9.17) is 0 Å². The van der Waals surface area contributed by atoms with Crippen molar-refractivity contribution < 1.29 is 0 Å². The van der Waals surface area contributed by atoms with Gasteiger partial charge in [0.2, 0.25) is 0 Å². The lowest BCUT2D eigenvalue weighted by molar-refractivity contribution is -0.0578. The Bertz CT molecular complexity index is 305. The van der Waals surface area contributed by atoms with E-state index in [2.05, 4.69) is 37.5 Å². The van der Waals surface area contributed by atoms with Crippen LogP contribution in [0.3, 0.4) is 0 Å². The summed E-state index contributed by atoms with van der Waals surface area (Å²) in [6.45, 7) is 15.0. The quantitative estimate of drug-likeness (QED) is 0.777. The number of hydrogen-bond donors (Lipinski definition) is 0. The fourth-order valence-corrected chi connectivity index (χ4v) is 4.55. The molecule has 0 unspecified atom stereocenters. The number of rotatable bonds is 4. The molecule has 0 amide bonds. The van der Waals surface area contributed by atoms with Gasteiger partial charge in [0.05, 0.1) is 0 Å². The predicted molar refractivity (Wildman–Crippen MR) is 85.8 cm³/mol. The second-order valence-electron chi connectivity index (χ2n) is 8.33. The highest BCUT2D eigenvalue weighted by atomic mass is 15.3. The molecule has 1 saturated carbocycles. The van der Waals surface area contributed by atoms with Crippen molar-refractivity contribution in [2.75, 3.05) is 26.2 Å². The fraction of sp³-hybridized carbons (Fsp3) is 1.00. The minimum Gasteiger partial charge on any atom is -0.300 e. The number of nitrogens with zero attached hydrogens (tertiary/aromatic N) is 2. The van der Waals surface area contributed by atoms with E-state index in [1.807, 2.05) is 0 Å². The van der Waals surface area contributed by atoms with Crippen LogP contribution >= 0.6 is 0 Å². The monoisotopic (exact) mass is 278 g/mol. The second kappa shape index (κ2) is 5.96. The molecule has 0 aromatic rings. The summed E-state index contributed by atoms with van der Waals surface area (Å²) in [7, 11) is 0. The average Bonchev–Trinajstić information content (AvgIpc) is 2.30. The Labute approximate surface area is 125 Å². The first-order valence-corrected chi connectivity index (χ1v) is 9.02. The molecule has 116 valence electrons. The van der Waals surface area contributed by atoms with Crippen LogP contribution < -0.4 is 0 Å². The lowest BCUT2D eigenvalue weighted by atomic mass is 9.75. The zero-order chi connectivity index (χ0) is 14.3. The Morgan fingerprint density at radius 3 is 1.80 bits per heavy atom. The van der Waals surface area contributed by atoms with Gasteiger partial charge in [-0.05, 0) is 63.2 Å². The summed E-state index contributed by atoms with van der Waals surface area (Å²) in [6.07, 6.45) is 5.90. The number of hydrogen-bond acceptors (Lipinski definition) is 2. The third-order valence-electron chi connectivity index (χ3n) is 6.47. The molecule has 2 saturated heterocycles. The van der Waals surface area contributed by atoms with Crippen LogP contribution in [0.5, 0.6) is 0 Å². The molecule has 0 aromatic heterocycles. The minimum atomic E-state index is 0.758. The second-order valence-corrected chi connectivity index (χ2v) is 8.33. The van der Waals surface area contributed by atoms with Gasteiger partial charge >= 0.3 is 0 Å². The fourth-order valence-electron chi connectivity index (χ4n) is 4.55. The van der Waals surface area contributed by atoms with Crippen molar-refractivity contribution in [3.63, 3.8) is 0 Å². The van der Waals surface area contributed by atoms with Crippen molar-refractivity contribution in [3.8, 4) is 0 Å². The van der Waals surface area contributed by atoms with Crippen LogP contribution in [0.2, 0.25) is 0 Å². The standard InChI is InChI=1S/C18H34N2/c1-13(2)15-5-7-18(8-6-15)20-11-17(12-20)16-9-19(10-16)14(3)4/h13-18H,5-12H2,1-4H3. The number of likely N-dealkylation sites (tertiary alicyclic amines) is 2. The topological polar surface area (TPSA) is 6.48 Å². The van der Waals surface area contributed by atoms with E-state index in [1.165, 1.54) is 51.9 Å². The van der Waals surface area contributed by atoms with Crippen molar-refractivity contribution in [1.29, 1.82) is 0 Å². The zero-order valence-corrected chi connectivity index (χ0v) is 14.0. The molecule has 1 aliphatic carbocycles. The van der Waals surface area contributed by atoms with Crippen molar-refractivity contribution in [2.24, 2.45) is 23.7 Å². The predicted octanol–water partition coefficient (Wildman–Crippen LogP) is 3.47. The molecule has 2 nitrogen and oxygen atoms in total. The highest BCUT2D eigenvalue weighted by Gasteiger charge is 2.42. The van der Waals surface area contributed by atoms with Gasteiger partial charge in [-0.3, -0.25) is 4.90 Å². The molecule has 0 atom stereocenters. The van der Waals surface area contributed by atoms with Crippen molar-refractivity contribution in [2.45, 2.75) is 65.5 Å². The Morgan fingerprint density at radius 1 is 0.750 bits per heavy atom. The van der Waals surface area contributed by atoms with Gasteiger partial charge in [0.15, 0.2) is 0 Å². The molecular formula is C18H34N2. The zero-order valence-electron chi connectivity index (χ0n) is 14.0. The van der Waals surface area contributed by atoms with E-state index < -0.39 is 0 Å². The lowest BCUT2D eigenvalue weighted by Gasteiger charge is -2.54. The Morgan fingerprint density at radius 2 is 1.30 bits per heavy atom. The van der Waals surface area contributed by atoms with Gasteiger partial charge in [-0.15, -0.1) is 0 Å². The van der Waals surface area contributed by atoms with Crippen LogP contribution in [-0.2, 0) is 0 Å². The Kier molecular flexibility index (Phi) is 4.42. The molecule has 2 heteroatoms. The molecule has 3 aliphatic rings. The summed E-state index contributed by atoms with van der Waals surface area (Å²) in [5.41, 5.74) is 0. The van der Waals surface area contributed by atoms with Gasteiger partial charge in [0.25, 0.3) is 0 Å². The Balaban J connectivity index is 1.35. The Hall–Kier alpha value is -0.0800. The molecule has 0 radical (unpaired) electrons.